The Kier molecular flexibility index (Phi) is 7.34. The number of aliphatic hydroxyl groups is 1. The molecule has 1 heterocycles. The Morgan fingerprint density at radius 2 is 1.93 bits per heavy atom. The molecule has 0 aliphatic carbocycles. The normalized spacial score (nSPS) is 10.3. The molecule has 2 aromatic carbocycles. The van der Waals surface area contributed by atoms with E-state index >= 15 is 0 Å². The Morgan fingerprint density at radius 1 is 1.13 bits per heavy atom. The maximum absolute atomic E-state index is 12.1. The molecule has 0 spiro atoms. The maximum atomic E-state index is 12.1. The van der Waals surface area contributed by atoms with Crippen molar-refractivity contribution in [3.63, 3.8) is 0 Å². The highest BCUT2D eigenvalue weighted by atomic mass is 32.1. The third-order valence-electron chi connectivity index (χ3n) is 4.01. The van der Waals surface area contributed by atoms with Crippen LogP contribution in [0.15, 0.2) is 42.5 Å². The fourth-order valence-corrected chi connectivity index (χ4v) is 3.53. The summed E-state index contributed by atoms with van der Waals surface area (Å²) in [5, 5.41) is 20.2. The zero-order valence-corrected chi connectivity index (χ0v) is 16.9. The molecule has 154 valence electrons. The predicted octanol–water partition coefficient (Wildman–Crippen LogP) is 2.05. The van der Waals surface area contributed by atoms with Crippen LogP contribution >= 0.6 is 11.3 Å². The van der Waals surface area contributed by atoms with Gasteiger partial charge in [-0.2, -0.15) is 0 Å². The molecule has 0 aliphatic heterocycles. The van der Waals surface area contributed by atoms with Crippen molar-refractivity contribution in [3.05, 3.63) is 48.2 Å². The van der Waals surface area contributed by atoms with Crippen LogP contribution in [-0.4, -0.2) is 41.6 Å². The van der Waals surface area contributed by atoms with E-state index in [9.17, 15) is 9.59 Å². The van der Waals surface area contributed by atoms with Gasteiger partial charge in [0.1, 0.15) is 5.00 Å². The van der Waals surface area contributed by atoms with Gasteiger partial charge in [-0.3, -0.25) is 9.59 Å². The van der Waals surface area contributed by atoms with E-state index < -0.39 is 11.8 Å². The fourth-order valence-electron chi connectivity index (χ4n) is 2.65. The quantitative estimate of drug-likeness (QED) is 0.279. The van der Waals surface area contributed by atoms with E-state index in [0.29, 0.717) is 24.6 Å². The van der Waals surface area contributed by atoms with Crippen LogP contribution < -0.4 is 21.7 Å². The Balaban J connectivity index is 1.69. The summed E-state index contributed by atoms with van der Waals surface area (Å²) in [5.74, 6) is 3.88. The average molecular weight is 423 g/mol. The van der Waals surface area contributed by atoms with Crippen molar-refractivity contribution in [3.8, 4) is 11.8 Å². The highest BCUT2D eigenvalue weighted by Gasteiger charge is 2.17. The van der Waals surface area contributed by atoms with E-state index in [0.717, 1.165) is 27.8 Å². The molecule has 8 nitrogen and oxygen atoms in total. The van der Waals surface area contributed by atoms with Gasteiger partial charge in [-0.05, 0) is 28.8 Å². The summed E-state index contributed by atoms with van der Waals surface area (Å²) in [6.45, 7) is 1.09. The van der Waals surface area contributed by atoms with Gasteiger partial charge in [-0.25, -0.2) is 4.98 Å². The van der Waals surface area contributed by atoms with Gasteiger partial charge in [-0.15, -0.1) is 0 Å². The highest BCUT2D eigenvalue weighted by molar-refractivity contribution is 7.20. The van der Waals surface area contributed by atoms with Crippen molar-refractivity contribution < 1.29 is 14.7 Å². The average Bonchev–Trinajstić information content (AvgIpc) is 3.12. The molecule has 0 unspecified atom stereocenters. The van der Waals surface area contributed by atoms with Gasteiger partial charge in [0.15, 0.2) is 10.8 Å². The summed E-state index contributed by atoms with van der Waals surface area (Å²) in [7, 11) is 0. The van der Waals surface area contributed by atoms with Crippen LogP contribution in [0.2, 0.25) is 0 Å². The van der Waals surface area contributed by atoms with Gasteiger partial charge in [-0.1, -0.05) is 47.6 Å². The number of rotatable bonds is 8. The molecule has 1 aromatic heterocycles. The van der Waals surface area contributed by atoms with Crippen molar-refractivity contribution in [2.75, 3.05) is 30.3 Å². The number of anilines is 3. The monoisotopic (exact) mass is 423 g/mol. The molecule has 3 rings (SSSR count). The lowest BCUT2D eigenvalue weighted by molar-refractivity contribution is -0.111. The van der Waals surface area contributed by atoms with Gasteiger partial charge < -0.3 is 26.8 Å². The molecule has 2 amide bonds. The first-order chi connectivity index (χ1) is 14.6. The molecule has 3 aromatic rings. The number of nitrogens with two attached hydrogens (primary N) is 1. The third kappa shape index (κ3) is 5.78. The van der Waals surface area contributed by atoms with Gasteiger partial charge in [0.05, 0.1) is 6.61 Å². The zero-order chi connectivity index (χ0) is 21.3. The second kappa shape index (κ2) is 10.4. The van der Waals surface area contributed by atoms with Crippen LogP contribution in [0, 0.1) is 11.8 Å². The number of carbonyl (C=O) groups is 2. The minimum atomic E-state index is -0.741. The molecular formula is C21H21N5O3S. The standard InChI is InChI=1S/C21H21N5O3S/c22-19(29)18-20(25-17(28)7-3-4-10-23-11-12-27)30-21(26-18)24-16-9-8-14-5-1-2-6-15(14)13-16/h1-2,5-6,8-9,13,23,27H,4,10-12H2,(H2,22,29)(H,24,26)(H,25,28). The van der Waals surface area contributed by atoms with Crippen LogP contribution in [-0.2, 0) is 4.79 Å². The van der Waals surface area contributed by atoms with Crippen LogP contribution in [0.3, 0.4) is 0 Å². The summed E-state index contributed by atoms with van der Waals surface area (Å²) in [6, 6.07) is 13.8. The first kappa shape index (κ1) is 21.3. The third-order valence-corrected chi connectivity index (χ3v) is 4.89. The second-order valence-electron chi connectivity index (χ2n) is 6.23. The molecule has 0 radical (unpaired) electrons. The molecule has 0 aliphatic rings. The maximum Gasteiger partial charge on any atom is 0.300 e. The number of benzene rings is 2. The van der Waals surface area contributed by atoms with E-state index in [-0.39, 0.29) is 17.3 Å². The lowest BCUT2D eigenvalue weighted by Crippen LogP contribution is -2.19. The number of amides is 2. The Bertz CT molecular complexity index is 1120. The van der Waals surface area contributed by atoms with Crippen molar-refractivity contribution in [1.29, 1.82) is 0 Å². The van der Waals surface area contributed by atoms with Crippen LogP contribution in [0.1, 0.15) is 16.9 Å². The number of fused-ring (bicyclic) bond motifs is 1. The Hall–Kier alpha value is -3.45. The number of hydrogen-bond acceptors (Lipinski definition) is 7. The first-order valence-electron chi connectivity index (χ1n) is 9.24. The first-order valence-corrected chi connectivity index (χ1v) is 10.1. The molecule has 0 bridgehead atoms. The Morgan fingerprint density at radius 3 is 2.70 bits per heavy atom. The zero-order valence-electron chi connectivity index (χ0n) is 16.1. The smallest absolute Gasteiger partial charge is 0.300 e. The van der Waals surface area contributed by atoms with Gasteiger partial charge in [0.2, 0.25) is 0 Å². The molecule has 0 saturated carbocycles. The molecule has 0 saturated heterocycles. The van der Waals surface area contributed by atoms with Crippen molar-refractivity contribution in [2.45, 2.75) is 6.42 Å². The topological polar surface area (TPSA) is 129 Å². The number of nitrogens with one attached hydrogen (secondary N) is 3. The van der Waals surface area contributed by atoms with E-state index in [1.807, 2.05) is 42.5 Å². The second-order valence-corrected chi connectivity index (χ2v) is 7.23. The van der Waals surface area contributed by atoms with Gasteiger partial charge >= 0.3 is 5.91 Å². The number of primary amides is 1. The molecule has 0 fully saturated rings. The Labute approximate surface area is 177 Å². The lowest BCUT2D eigenvalue weighted by atomic mass is 10.1. The highest BCUT2D eigenvalue weighted by Crippen LogP contribution is 2.31. The van der Waals surface area contributed by atoms with E-state index in [1.165, 1.54) is 0 Å². The number of aromatic nitrogens is 1. The minimum absolute atomic E-state index is 0.0250. The number of hydrogen-bond donors (Lipinski definition) is 5. The van der Waals surface area contributed by atoms with Crippen LogP contribution in [0.5, 0.6) is 0 Å². The van der Waals surface area contributed by atoms with Gasteiger partial charge in [0, 0.05) is 25.2 Å². The van der Waals surface area contributed by atoms with Crippen LogP contribution in [0.4, 0.5) is 15.8 Å². The molecular weight excluding hydrogens is 402 g/mol. The summed E-state index contributed by atoms with van der Waals surface area (Å²) in [4.78, 5) is 28.0. The summed E-state index contributed by atoms with van der Waals surface area (Å²) in [5.41, 5.74) is 6.17. The predicted molar refractivity (Wildman–Crippen MR) is 119 cm³/mol. The van der Waals surface area contributed by atoms with Crippen LogP contribution in [0.25, 0.3) is 10.8 Å². The molecule has 6 N–H and O–H groups in total. The molecule has 30 heavy (non-hydrogen) atoms. The van der Waals surface area contributed by atoms with E-state index in [4.69, 9.17) is 10.8 Å². The minimum Gasteiger partial charge on any atom is -0.395 e. The number of thiazole rings is 1. The number of carbonyl (C=O) groups excluding carboxylic acids is 2. The molecule has 9 heteroatoms. The van der Waals surface area contributed by atoms with Crippen molar-refractivity contribution in [1.82, 2.24) is 10.3 Å². The van der Waals surface area contributed by atoms with Crippen molar-refractivity contribution in [2.24, 2.45) is 5.73 Å². The summed E-state index contributed by atoms with van der Waals surface area (Å²) < 4.78 is 0. The largest absolute Gasteiger partial charge is 0.395 e. The lowest BCUT2D eigenvalue weighted by Gasteiger charge is -2.04. The van der Waals surface area contributed by atoms with Gasteiger partial charge in [0.25, 0.3) is 5.91 Å². The number of aliphatic hydroxyl groups excluding tert-OH is 1. The van der Waals surface area contributed by atoms with E-state index in [2.05, 4.69) is 32.8 Å². The van der Waals surface area contributed by atoms with Crippen molar-refractivity contribution >= 4 is 49.7 Å². The fraction of sp³-hybridized carbons (Fsp3) is 0.190. The van der Waals surface area contributed by atoms with E-state index in [1.54, 1.807) is 0 Å². The summed E-state index contributed by atoms with van der Waals surface area (Å²) >= 11 is 1.10. The number of nitrogens with zero attached hydrogens (tertiary/aromatic N) is 1. The molecule has 0 atom stereocenters. The SMILES string of the molecule is NC(=O)c1nc(Nc2ccc3ccccc3c2)sc1NC(=O)C#CCCNCCO. The summed E-state index contributed by atoms with van der Waals surface area (Å²) in [6.07, 6.45) is 0.452.